The first-order chi connectivity index (χ1) is 10.1. The van der Waals surface area contributed by atoms with E-state index in [2.05, 4.69) is 26.3 Å². The lowest BCUT2D eigenvalue weighted by Crippen LogP contribution is -2.18. The van der Waals surface area contributed by atoms with Gasteiger partial charge in [0, 0.05) is 12.7 Å². The third-order valence-electron chi connectivity index (χ3n) is 3.19. The number of rotatable bonds is 2. The van der Waals surface area contributed by atoms with Crippen molar-refractivity contribution in [1.29, 1.82) is 0 Å². The molecule has 0 fully saturated rings. The number of nitrogens with zero attached hydrogens (tertiary/aromatic N) is 2. The highest BCUT2D eigenvalue weighted by Crippen LogP contribution is 2.36. The van der Waals surface area contributed by atoms with E-state index in [-0.39, 0.29) is 10.2 Å². The summed E-state index contributed by atoms with van der Waals surface area (Å²) in [6.45, 7) is 3.62. The molecule has 2 aromatic rings. The predicted molar refractivity (Wildman–Crippen MR) is 79.8 cm³/mol. The Morgan fingerprint density at radius 2 is 1.82 bits per heavy atom. The lowest BCUT2D eigenvalue weighted by Gasteiger charge is -2.11. The zero-order valence-corrected chi connectivity index (χ0v) is 13.6. The minimum Gasteiger partial charge on any atom is -0.320 e. The molecule has 118 valence electrons. The van der Waals surface area contributed by atoms with Gasteiger partial charge in [0.1, 0.15) is 5.69 Å². The molecule has 0 unspecified atom stereocenters. The average Bonchev–Trinajstić information content (AvgIpc) is 2.69. The Bertz CT molecular complexity index is 717. The molecule has 0 aliphatic carbocycles. The van der Waals surface area contributed by atoms with Gasteiger partial charge in [0.25, 0.3) is 5.91 Å². The van der Waals surface area contributed by atoms with Crippen molar-refractivity contribution in [2.75, 3.05) is 5.32 Å². The van der Waals surface area contributed by atoms with Gasteiger partial charge in [-0.05, 0) is 40.9 Å². The number of aromatic nitrogens is 2. The van der Waals surface area contributed by atoms with Crippen molar-refractivity contribution in [3.05, 3.63) is 45.2 Å². The summed E-state index contributed by atoms with van der Waals surface area (Å²) in [4.78, 5) is 12.3. The Hall–Kier alpha value is -1.83. The Labute approximate surface area is 133 Å². The third-order valence-corrected chi connectivity index (χ3v) is 3.94. The molecule has 8 heteroatoms. The molecule has 1 N–H and O–H groups in total. The number of amides is 1. The number of hydrogen-bond donors (Lipinski definition) is 1. The van der Waals surface area contributed by atoms with Crippen LogP contribution in [0.3, 0.4) is 0 Å². The Morgan fingerprint density at radius 1 is 1.27 bits per heavy atom. The fourth-order valence-corrected chi connectivity index (χ4v) is 2.85. The molecule has 1 aromatic carbocycles. The van der Waals surface area contributed by atoms with Crippen LogP contribution in [-0.2, 0) is 13.2 Å². The summed E-state index contributed by atoms with van der Waals surface area (Å²) in [5.41, 5.74) is 0.913. The van der Waals surface area contributed by atoms with Crippen LogP contribution in [-0.4, -0.2) is 15.7 Å². The van der Waals surface area contributed by atoms with Gasteiger partial charge in [-0.2, -0.15) is 18.3 Å². The van der Waals surface area contributed by atoms with Gasteiger partial charge in [0.2, 0.25) is 0 Å². The van der Waals surface area contributed by atoms with E-state index in [1.807, 2.05) is 32.0 Å². The quantitative estimate of drug-likeness (QED) is 0.859. The highest BCUT2D eigenvalue weighted by Gasteiger charge is 2.39. The zero-order valence-electron chi connectivity index (χ0n) is 12.0. The maximum atomic E-state index is 12.8. The van der Waals surface area contributed by atoms with Crippen molar-refractivity contribution in [2.24, 2.45) is 7.05 Å². The topological polar surface area (TPSA) is 46.9 Å². The normalized spacial score (nSPS) is 11.6. The second kappa shape index (κ2) is 5.75. The fraction of sp³-hybridized carbons (Fsp3) is 0.286. The van der Waals surface area contributed by atoms with E-state index in [0.717, 1.165) is 15.8 Å². The van der Waals surface area contributed by atoms with Crippen LogP contribution in [0.2, 0.25) is 0 Å². The maximum Gasteiger partial charge on any atom is 0.436 e. The van der Waals surface area contributed by atoms with Crippen LogP contribution >= 0.6 is 15.9 Å². The maximum absolute atomic E-state index is 12.8. The minimum atomic E-state index is -4.63. The number of para-hydroxylation sites is 1. The van der Waals surface area contributed by atoms with Crippen LogP contribution in [0, 0.1) is 13.8 Å². The van der Waals surface area contributed by atoms with Crippen molar-refractivity contribution in [1.82, 2.24) is 9.78 Å². The molecule has 1 amide bonds. The van der Waals surface area contributed by atoms with Gasteiger partial charge in [0.15, 0.2) is 5.69 Å². The minimum absolute atomic E-state index is 0.185. The second-order valence-electron chi connectivity index (χ2n) is 4.85. The van der Waals surface area contributed by atoms with Crippen LogP contribution < -0.4 is 5.32 Å². The zero-order chi connectivity index (χ0) is 16.7. The number of alkyl halides is 3. The molecule has 0 spiro atoms. The molecule has 0 aliphatic rings. The molecule has 0 radical (unpaired) electrons. The number of carbonyl (C=O) groups is 1. The average molecular weight is 376 g/mol. The van der Waals surface area contributed by atoms with Crippen LogP contribution in [0.5, 0.6) is 0 Å². The van der Waals surface area contributed by atoms with E-state index in [9.17, 15) is 18.0 Å². The standard InChI is InChI=1S/C14H13BrF3N3O/c1-7-5-4-6-8(2)10(7)19-13(22)11-9(15)12(14(16,17)18)20-21(11)3/h4-6H,1-3H3,(H,19,22). The summed E-state index contributed by atoms with van der Waals surface area (Å²) in [5, 5.41) is 6.02. The van der Waals surface area contributed by atoms with Crippen LogP contribution in [0.15, 0.2) is 22.7 Å². The van der Waals surface area contributed by atoms with Gasteiger partial charge in [-0.25, -0.2) is 0 Å². The largest absolute Gasteiger partial charge is 0.436 e. The molecule has 0 saturated heterocycles. The summed E-state index contributed by atoms with van der Waals surface area (Å²) in [6.07, 6.45) is -4.63. The van der Waals surface area contributed by atoms with E-state index in [0.29, 0.717) is 5.69 Å². The Kier molecular flexibility index (Phi) is 4.32. The van der Waals surface area contributed by atoms with Crippen LogP contribution in [0.1, 0.15) is 27.3 Å². The second-order valence-corrected chi connectivity index (χ2v) is 5.65. The first-order valence-corrected chi connectivity index (χ1v) is 7.09. The number of aryl methyl sites for hydroxylation is 3. The van der Waals surface area contributed by atoms with Crippen molar-refractivity contribution < 1.29 is 18.0 Å². The highest BCUT2D eigenvalue weighted by atomic mass is 79.9. The van der Waals surface area contributed by atoms with Gasteiger partial charge < -0.3 is 5.32 Å². The molecule has 4 nitrogen and oxygen atoms in total. The van der Waals surface area contributed by atoms with E-state index < -0.39 is 17.8 Å². The van der Waals surface area contributed by atoms with Gasteiger partial charge >= 0.3 is 6.18 Å². The van der Waals surface area contributed by atoms with Crippen molar-refractivity contribution in [3.63, 3.8) is 0 Å². The summed E-state index contributed by atoms with van der Waals surface area (Å²) in [5.74, 6) is -0.658. The van der Waals surface area contributed by atoms with Crippen molar-refractivity contribution in [2.45, 2.75) is 20.0 Å². The molecule has 0 aliphatic heterocycles. The third kappa shape index (κ3) is 3.01. The summed E-state index contributed by atoms with van der Waals surface area (Å²) in [6, 6.07) is 5.45. The molecule has 0 atom stereocenters. The smallest absolute Gasteiger partial charge is 0.320 e. The fourth-order valence-electron chi connectivity index (χ4n) is 2.11. The predicted octanol–water partition coefficient (Wildman–Crippen LogP) is 4.07. The first-order valence-electron chi connectivity index (χ1n) is 6.30. The lowest BCUT2D eigenvalue weighted by atomic mass is 10.1. The van der Waals surface area contributed by atoms with Gasteiger partial charge in [-0.1, -0.05) is 18.2 Å². The van der Waals surface area contributed by atoms with E-state index in [4.69, 9.17) is 0 Å². The number of hydrogen-bond acceptors (Lipinski definition) is 2. The summed E-state index contributed by atoms with van der Waals surface area (Å²) >= 11 is 2.82. The SMILES string of the molecule is Cc1cccc(C)c1NC(=O)c1c(Br)c(C(F)(F)F)nn1C. The first kappa shape index (κ1) is 16.5. The summed E-state index contributed by atoms with van der Waals surface area (Å²) in [7, 11) is 1.29. The van der Waals surface area contributed by atoms with Gasteiger partial charge in [-0.3, -0.25) is 9.48 Å². The van der Waals surface area contributed by atoms with Gasteiger partial charge in [-0.15, -0.1) is 0 Å². The molecular weight excluding hydrogens is 363 g/mol. The van der Waals surface area contributed by atoms with Crippen LogP contribution in [0.25, 0.3) is 0 Å². The molecule has 2 rings (SSSR count). The Morgan fingerprint density at radius 3 is 2.27 bits per heavy atom. The van der Waals surface area contributed by atoms with E-state index in [1.54, 1.807) is 0 Å². The van der Waals surface area contributed by atoms with Crippen molar-refractivity contribution in [3.8, 4) is 0 Å². The number of halogens is 4. The molecule has 1 heterocycles. The Balaban J connectivity index is 2.41. The molecule has 0 bridgehead atoms. The number of benzene rings is 1. The molecular formula is C14H13BrF3N3O. The number of carbonyl (C=O) groups excluding carboxylic acids is 1. The molecule has 0 saturated carbocycles. The van der Waals surface area contributed by atoms with E-state index >= 15 is 0 Å². The number of nitrogens with one attached hydrogen (secondary N) is 1. The van der Waals surface area contributed by atoms with E-state index in [1.165, 1.54) is 7.05 Å². The molecule has 1 aromatic heterocycles. The van der Waals surface area contributed by atoms with Crippen molar-refractivity contribution >= 4 is 27.5 Å². The summed E-state index contributed by atoms with van der Waals surface area (Å²) < 4.78 is 39.0. The molecule has 22 heavy (non-hydrogen) atoms. The number of anilines is 1. The van der Waals surface area contributed by atoms with Crippen LogP contribution in [0.4, 0.5) is 18.9 Å². The lowest BCUT2D eigenvalue weighted by molar-refractivity contribution is -0.142. The monoisotopic (exact) mass is 375 g/mol. The van der Waals surface area contributed by atoms with Gasteiger partial charge in [0.05, 0.1) is 4.47 Å². The highest BCUT2D eigenvalue weighted by molar-refractivity contribution is 9.10.